The highest BCUT2D eigenvalue weighted by Gasteiger charge is 2.17. The third-order valence-corrected chi connectivity index (χ3v) is 3.66. The summed E-state index contributed by atoms with van der Waals surface area (Å²) in [5.41, 5.74) is 10.2. The molecule has 2 rings (SSSR count). The molecule has 1 aliphatic rings. The summed E-state index contributed by atoms with van der Waals surface area (Å²) < 4.78 is 0. The smallest absolute Gasteiger partial charge is 0.0239 e. The molecule has 0 saturated carbocycles. The number of benzene rings is 1. The number of rotatable bonds is 2. The zero-order chi connectivity index (χ0) is 11.5. The molecule has 0 unspecified atom stereocenters. The van der Waals surface area contributed by atoms with Gasteiger partial charge in [0.2, 0.25) is 0 Å². The van der Waals surface area contributed by atoms with E-state index in [2.05, 4.69) is 36.9 Å². The summed E-state index contributed by atoms with van der Waals surface area (Å²) in [4.78, 5) is 2.53. The van der Waals surface area contributed by atoms with Crippen LogP contribution in [0.4, 0.5) is 0 Å². The van der Waals surface area contributed by atoms with Crippen LogP contribution in [0.15, 0.2) is 18.2 Å². The second-order valence-electron chi connectivity index (χ2n) is 4.98. The summed E-state index contributed by atoms with van der Waals surface area (Å²) in [7, 11) is 0. The second-order valence-corrected chi connectivity index (χ2v) is 4.98. The zero-order valence-electron chi connectivity index (χ0n) is 10.4. The predicted octanol–water partition coefficient (Wildman–Crippen LogP) is 2.23. The number of likely N-dealkylation sites (tertiary alicyclic amines) is 1. The molecule has 88 valence electrons. The van der Waals surface area contributed by atoms with Gasteiger partial charge in [-0.3, -0.25) is 4.90 Å². The van der Waals surface area contributed by atoms with E-state index < -0.39 is 0 Å². The fraction of sp³-hybridized carbons (Fsp3) is 0.571. The number of piperidine rings is 1. The molecule has 1 saturated heterocycles. The molecule has 0 atom stereocenters. The Balaban J connectivity index is 2.04. The van der Waals surface area contributed by atoms with Crippen LogP contribution in [0, 0.1) is 13.8 Å². The molecule has 1 aliphatic heterocycles. The summed E-state index contributed by atoms with van der Waals surface area (Å²) in [5, 5.41) is 0. The molecular formula is C14H22N2. The van der Waals surface area contributed by atoms with Crippen LogP contribution >= 0.6 is 0 Å². The van der Waals surface area contributed by atoms with Crippen molar-refractivity contribution in [2.24, 2.45) is 5.73 Å². The molecule has 16 heavy (non-hydrogen) atoms. The van der Waals surface area contributed by atoms with Gasteiger partial charge in [0.05, 0.1) is 0 Å². The minimum Gasteiger partial charge on any atom is -0.328 e. The normalized spacial score (nSPS) is 18.9. The van der Waals surface area contributed by atoms with Gasteiger partial charge in [-0.15, -0.1) is 0 Å². The Kier molecular flexibility index (Phi) is 3.62. The third kappa shape index (κ3) is 2.63. The summed E-state index contributed by atoms with van der Waals surface area (Å²) >= 11 is 0. The zero-order valence-corrected chi connectivity index (χ0v) is 10.4. The van der Waals surface area contributed by atoms with Crippen LogP contribution in [0.3, 0.4) is 0 Å². The lowest BCUT2D eigenvalue weighted by Gasteiger charge is -2.30. The average molecular weight is 218 g/mol. The van der Waals surface area contributed by atoms with E-state index >= 15 is 0 Å². The van der Waals surface area contributed by atoms with E-state index in [0.29, 0.717) is 6.04 Å². The van der Waals surface area contributed by atoms with Crippen LogP contribution in [0.5, 0.6) is 0 Å². The standard InChI is InChI=1S/C14H22N2/c1-11-4-3-5-12(2)14(11)10-16-8-6-13(15)7-9-16/h3-5,13H,6-10,15H2,1-2H3. The van der Waals surface area contributed by atoms with Crippen LogP contribution < -0.4 is 5.73 Å². The number of hydrogen-bond donors (Lipinski definition) is 1. The van der Waals surface area contributed by atoms with Crippen LogP contribution in [0.2, 0.25) is 0 Å². The lowest BCUT2D eigenvalue weighted by molar-refractivity contribution is 0.205. The predicted molar refractivity (Wildman–Crippen MR) is 68.4 cm³/mol. The first-order valence-electron chi connectivity index (χ1n) is 6.20. The van der Waals surface area contributed by atoms with Gasteiger partial charge in [-0.1, -0.05) is 18.2 Å². The van der Waals surface area contributed by atoms with Crippen molar-refractivity contribution < 1.29 is 0 Å². The number of nitrogens with two attached hydrogens (primary N) is 1. The molecule has 1 aromatic rings. The first-order chi connectivity index (χ1) is 7.66. The van der Waals surface area contributed by atoms with E-state index in [-0.39, 0.29) is 0 Å². The van der Waals surface area contributed by atoms with Crippen molar-refractivity contribution in [1.82, 2.24) is 4.90 Å². The Hall–Kier alpha value is -0.860. The van der Waals surface area contributed by atoms with Gasteiger partial charge in [-0.05, 0) is 56.5 Å². The molecule has 0 aromatic heterocycles. The third-order valence-electron chi connectivity index (χ3n) is 3.66. The fourth-order valence-electron chi connectivity index (χ4n) is 2.43. The molecular weight excluding hydrogens is 196 g/mol. The molecule has 0 amide bonds. The second kappa shape index (κ2) is 4.98. The number of nitrogens with zero attached hydrogens (tertiary/aromatic N) is 1. The van der Waals surface area contributed by atoms with E-state index in [1.807, 2.05) is 0 Å². The first kappa shape index (κ1) is 11.6. The largest absolute Gasteiger partial charge is 0.328 e. The van der Waals surface area contributed by atoms with Gasteiger partial charge in [-0.25, -0.2) is 0 Å². The van der Waals surface area contributed by atoms with Crippen molar-refractivity contribution in [2.75, 3.05) is 13.1 Å². The molecule has 0 radical (unpaired) electrons. The summed E-state index contributed by atoms with van der Waals surface area (Å²) in [6.45, 7) is 7.80. The topological polar surface area (TPSA) is 29.3 Å². The molecule has 0 aliphatic carbocycles. The minimum absolute atomic E-state index is 0.425. The minimum atomic E-state index is 0.425. The molecule has 0 spiro atoms. The molecule has 2 nitrogen and oxygen atoms in total. The molecule has 1 aromatic carbocycles. The summed E-state index contributed by atoms with van der Waals surface area (Å²) in [5.74, 6) is 0. The molecule has 1 fully saturated rings. The Morgan fingerprint density at radius 3 is 2.31 bits per heavy atom. The highest BCUT2D eigenvalue weighted by Crippen LogP contribution is 2.18. The summed E-state index contributed by atoms with van der Waals surface area (Å²) in [6.07, 6.45) is 2.29. The van der Waals surface area contributed by atoms with Crippen molar-refractivity contribution in [1.29, 1.82) is 0 Å². The first-order valence-corrected chi connectivity index (χ1v) is 6.20. The van der Waals surface area contributed by atoms with Crippen molar-refractivity contribution >= 4 is 0 Å². The van der Waals surface area contributed by atoms with Crippen LogP contribution in [0.25, 0.3) is 0 Å². The number of aryl methyl sites for hydroxylation is 2. The molecule has 1 heterocycles. The fourth-order valence-corrected chi connectivity index (χ4v) is 2.43. The SMILES string of the molecule is Cc1cccc(C)c1CN1CCC(N)CC1. The van der Waals surface area contributed by atoms with Gasteiger partial charge in [0, 0.05) is 12.6 Å². The van der Waals surface area contributed by atoms with Crippen molar-refractivity contribution in [3.05, 3.63) is 34.9 Å². The Bertz CT molecular complexity index is 332. The van der Waals surface area contributed by atoms with Gasteiger partial charge in [0.25, 0.3) is 0 Å². The maximum Gasteiger partial charge on any atom is 0.0239 e. The highest BCUT2D eigenvalue weighted by atomic mass is 15.1. The maximum atomic E-state index is 5.92. The van der Waals surface area contributed by atoms with Gasteiger partial charge in [0.15, 0.2) is 0 Å². The van der Waals surface area contributed by atoms with Crippen LogP contribution in [0.1, 0.15) is 29.5 Å². The monoisotopic (exact) mass is 218 g/mol. The van der Waals surface area contributed by atoms with Gasteiger partial charge < -0.3 is 5.73 Å². The van der Waals surface area contributed by atoms with E-state index in [1.165, 1.54) is 16.7 Å². The van der Waals surface area contributed by atoms with Gasteiger partial charge in [-0.2, -0.15) is 0 Å². The van der Waals surface area contributed by atoms with Crippen LogP contribution in [-0.2, 0) is 6.54 Å². The Labute approximate surface area is 98.4 Å². The lowest BCUT2D eigenvalue weighted by Crippen LogP contribution is -2.39. The Morgan fingerprint density at radius 2 is 1.75 bits per heavy atom. The molecule has 2 heteroatoms. The average Bonchev–Trinajstić information content (AvgIpc) is 2.26. The maximum absolute atomic E-state index is 5.92. The lowest BCUT2D eigenvalue weighted by atomic mass is 10.0. The van der Waals surface area contributed by atoms with Crippen molar-refractivity contribution in [3.63, 3.8) is 0 Å². The van der Waals surface area contributed by atoms with E-state index in [0.717, 1.165) is 32.5 Å². The molecule has 0 bridgehead atoms. The highest BCUT2D eigenvalue weighted by molar-refractivity contribution is 5.33. The van der Waals surface area contributed by atoms with E-state index in [9.17, 15) is 0 Å². The van der Waals surface area contributed by atoms with Crippen LogP contribution in [-0.4, -0.2) is 24.0 Å². The van der Waals surface area contributed by atoms with E-state index in [4.69, 9.17) is 5.73 Å². The summed E-state index contributed by atoms with van der Waals surface area (Å²) in [6, 6.07) is 6.98. The van der Waals surface area contributed by atoms with Crippen molar-refractivity contribution in [2.45, 2.75) is 39.3 Å². The Morgan fingerprint density at radius 1 is 1.19 bits per heavy atom. The number of hydrogen-bond acceptors (Lipinski definition) is 2. The van der Waals surface area contributed by atoms with E-state index in [1.54, 1.807) is 0 Å². The van der Waals surface area contributed by atoms with Gasteiger partial charge >= 0.3 is 0 Å². The van der Waals surface area contributed by atoms with Gasteiger partial charge in [0.1, 0.15) is 0 Å². The van der Waals surface area contributed by atoms with Crippen molar-refractivity contribution in [3.8, 4) is 0 Å². The quantitative estimate of drug-likeness (QED) is 0.825. The molecule has 2 N–H and O–H groups in total.